The number of nitrogens with zero attached hydrogens (tertiary/aromatic N) is 1. The smallest absolute Gasteiger partial charge is 0.337 e. The van der Waals surface area contributed by atoms with Crippen LogP contribution in [0.5, 0.6) is 5.75 Å². The lowest BCUT2D eigenvalue weighted by molar-refractivity contribution is 0.0600. The van der Waals surface area contributed by atoms with Crippen LogP contribution < -0.4 is 0 Å². The van der Waals surface area contributed by atoms with E-state index < -0.39 is 5.97 Å². The van der Waals surface area contributed by atoms with Crippen molar-refractivity contribution >= 4 is 5.97 Å². The Balaban J connectivity index is 0.000000665. The zero-order chi connectivity index (χ0) is 22.4. The maximum absolute atomic E-state index is 11.5. The molecule has 4 nitrogen and oxygen atoms in total. The van der Waals surface area contributed by atoms with Gasteiger partial charge in [0.25, 0.3) is 0 Å². The third-order valence-electron chi connectivity index (χ3n) is 4.85. The van der Waals surface area contributed by atoms with Crippen LogP contribution in [0, 0.1) is 0 Å². The van der Waals surface area contributed by atoms with Gasteiger partial charge in [-0.1, -0.05) is 44.7 Å². The minimum absolute atomic E-state index is 0.154. The minimum atomic E-state index is -0.418. The maximum atomic E-state index is 11.5. The Morgan fingerprint density at radius 2 is 1.93 bits per heavy atom. The summed E-state index contributed by atoms with van der Waals surface area (Å²) in [6.07, 6.45) is 9.21. The summed E-state index contributed by atoms with van der Waals surface area (Å²) in [6.45, 7) is 18.1. The van der Waals surface area contributed by atoms with E-state index in [9.17, 15) is 9.90 Å². The second-order valence-corrected chi connectivity index (χ2v) is 7.16. The van der Waals surface area contributed by atoms with Gasteiger partial charge >= 0.3 is 5.97 Å². The molecule has 162 valence electrons. The van der Waals surface area contributed by atoms with Gasteiger partial charge in [0.2, 0.25) is 0 Å². The van der Waals surface area contributed by atoms with Gasteiger partial charge in [-0.25, -0.2) is 4.79 Å². The highest BCUT2D eigenvalue weighted by Crippen LogP contribution is 2.22. The molecule has 0 spiro atoms. The topological polar surface area (TPSA) is 49.8 Å². The largest absolute Gasteiger partial charge is 0.508 e. The first-order valence-electron chi connectivity index (χ1n) is 10.4. The number of phenols is 1. The van der Waals surface area contributed by atoms with Gasteiger partial charge in [-0.2, -0.15) is 0 Å². The molecule has 0 saturated heterocycles. The molecule has 0 aliphatic heterocycles. The molecular formula is C25H39NO3. The molecule has 1 atom stereocenters. The minimum Gasteiger partial charge on any atom is -0.508 e. The molecule has 1 aromatic rings. The number of hydrogen-bond donors (Lipinski definition) is 1. The van der Waals surface area contributed by atoms with Crippen LogP contribution in [-0.2, 0) is 11.2 Å². The Hall–Kier alpha value is -2.33. The van der Waals surface area contributed by atoms with E-state index in [-0.39, 0.29) is 5.75 Å². The number of esters is 1. The summed E-state index contributed by atoms with van der Waals surface area (Å²) in [6, 6.07) is 6.10. The second kappa shape index (κ2) is 14.6. The number of benzene rings is 1. The van der Waals surface area contributed by atoms with Crippen LogP contribution in [0.15, 0.2) is 54.7 Å². The Labute approximate surface area is 177 Å². The van der Waals surface area contributed by atoms with Crippen molar-refractivity contribution in [3.63, 3.8) is 0 Å². The van der Waals surface area contributed by atoms with E-state index in [2.05, 4.69) is 50.8 Å². The number of allylic oxidation sites excluding steroid dienone is 5. The molecule has 0 amide bonds. The third kappa shape index (κ3) is 9.62. The van der Waals surface area contributed by atoms with Gasteiger partial charge in [0.05, 0.1) is 12.7 Å². The highest BCUT2D eigenvalue weighted by Gasteiger charge is 2.12. The fourth-order valence-corrected chi connectivity index (χ4v) is 3.03. The molecule has 0 aliphatic rings. The molecule has 4 heteroatoms. The monoisotopic (exact) mass is 401 g/mol. The van der Waals surface area contributed by atoms with E-state index in [1.165, 1.54) is 32.2 Å². The van der Waals surface area contributed by atoms with Crippen LogP contribution in [-0.4, -0.2) is 41.7 Å². The molecule has 29 heavy (non-hydrogen) atoms. The predicted octanol–water partition coefficient (Wildman–Crippen LogP) is 5.93. The fraction of sp³-hybridized carbons (Fsp3) is 0.480. The molecule has 0 bridgehead atoms. The number of carbonyl (C=O) groups is 1. The summed E-state index contributed by atoms with van der Waals surface area (Å²) in [5.41, 5.74) is 2.04. The number of carbonyl (C=O) groups excluding carboxylic acids is 1. The van der Waals surface area contributed by atoms with Gasteiger partial charge in [-0.15, -0.1) is 0 Å². The van der Waals surface area contributed by atoms with Gasteiger partial charge in [0.1, 0.15) is 5.75 Å². The van der Waals surface area contributed by atoms with E-state index in [1.807, 2.05) is 25.2 Å². The lowest BCUT2D eigenvalue weighted by Gasteiger charge is -2.30. The lowest BCUT2D eigenvalue weighted by Crippen LogP contribution is -2.37. The van der Waals surface area contributed by atoms with Crippen molar-refractivity contribution in [1.29, 1.82) is 0 Å². The maximum Gasteiger partial charge on any atom is 0.337 e. The third-order valence-corrected chi connectivity index (χ3v) is 4.85. The van der Waals surface area contributed by atoms with Crippen molar-refractivity contribution in [1.82, 2.24) is 4.90 Å². The number of rotatable bonds is 9. The summed E-state index contributed by atoms with van der Waals surface area (Å²) in [5, 5.41) is 9.83. The Kier molecular flexibility index (Phi) is 13.5. The zero-order valence-electron chi connectivity index (χ0n) is 19.2. The second-order valence-electron chi connectivity index (χ2n) is 7.16. The molecule has 0 aromatic heterocycles. The number of ether oxygens (including phenoxy) is 1. The van der Waals surface area contributed by atoms with Crippen molar-refractivity contribution < 1.29 is 14.6 Å². The molecule has 1 unspecified atom stereocenters. The Bertz CT molecular complexity index is 689. The Morgan fingerprint density at radius 3 is 2.34 bits per heavy atom. The molecule has 0 saturated carbocycles. The highest BCUT2D eigenvalue weighted by molar-refractivity contribution is 5.89. The van der Waals surface area contributed by atoms with E-state index in [0.29, 0.717) is 23.6 Å². The quantitative estimate of drug-likeness (QED) is 0.412. The van der Waals surface area contributed by atoms with Crippen LogP contribution in [0.4, 0.5) is 0 Å². The van der Waals surface area contributed by atoms with Crippen molar-refractivity contribution in [2.45, 2.75) is 66.5 Å². The van der Waals surface area contributed by atoms with Crippen molar-refractivity contribution in [2.24, 2.45) is 0 Å². The van der Waals surface area contributed by atoms with Crippen molar-refractivity contribution in [3.8, 4) is 5.75 Å². The van der Waals surface area contributed by atoms with Gasteiger partial charge < -0.3 is 9.84 Å². The summed E-state index contributed by atoms with van der Waals surface area (Å²) in [7, 11) is 1.33. The van der Waals surface area contributed by atoms with Crippen LogP contribution in [0.25, 0.3) is 0 Å². The highest BCUT2D eigenvalue weighted by atomic mass is 16.5. The molecular weight excluding hydrogens is 362 g/mol. The van der Waals surface area contributed by atoms with E-state index >= 15 is 0 Å². The first kappa shape index (κ1) is 26.7. The standard InChI is InChI=1S/C16H18O3.C9H21N/c1-4-6-7-12(5-2)10-14-11-13(16(18)19-3)8-9-15(14)17;1-6-9(5)10(7-2)8(3)4/h4-9,11,17H,2,10H2,1,3H3;8-9H,6-7H2,1-5H3/b6-4-,12-7+;. The van der Waals surface area contributed by atoms with Gasteiger partial charge in [-0.3, -0.25) is 4.90 Å². The van der Waals surface area contributed by atoms with Crippen LogP contribution in [0.2, 0.25) is 0 Å². The van der Waals surface area contributed by atoms with Gasteiger partial charge in [0, 0.05) is 18.5 Å². The molecule has 1 aromatic carbocycles. The van der Waals surface area contributed by atoms with Gasteiger partial charge in [-0.05, 0) is 70.0 Å². The molecule has 1 N–H and O–H groups in total. The summed E-state index contributed by atoms with van der Waals surface area (Å²) < 4.78 is 4.66. The summed E-state index contributed by atoms with van der Waals surface area (Å²) in [4.78, 5) is 14.0. The van der Waals surface area contributed by atoms with Crippen LogP contribution in [0.3, 0.4) is 0 Å². The number of aromatic hydroxyl groups is 1. The van der Waals surface area contributed by atoms with E-state index in [1.54, 1.807) is 12.1 Å². The van der Waals surface area contributed by atoms with Gasteiger partial charge in [0.15, 0.2) is 0 Å². The first-order chi connectivity index (χ1) is 13.7. The fourth-order valence-electron chi connectivity index (χ4n) is 3.03. The number of methoxy groups -OCH3 is 1. The lowest BCUT2D eigenvalue weighted by atomic mass is 10.0. The van der Waals surface area contributed by atoms with E-state index in [0.717, 1.165) is 11.6 Å². The Morgan fingerprint density at radius 1 is 1.28 bits per heavy atom. The van der Waals surface area contributed by atoms with E-state index in [4.69, 9.17) is 0 Å². The van der Waals surface area contributed by atoms with Crippen LogP contribution >= 0.6 is 0 Å². The normalized spacial score (nSPS) is 12.7. The summed E-state index contributed by atoms with van der Waals surface area (Å²) >= 11 is 0. The molecule has 0 radical (unpaired) electrons. The van der Waals surface area contributed by atoms with Crippen molar-refractivity contribution in [3.05, 3.63) is 65.8 Å². The predicted molar refractivity (Wildman–Crippen MR) is 124 cm³/mol. The number of phenolic OH excluding ortho intramolecular Hbond substituents is 1. The summed E-state index contributed by atoms with van der Waals surface area (Å²) in [5.74, 6) is -0.264. The molecule has 0 aliphatic carbocycles. The molecule has 1 rings (SSSR count). The molecule has 0 heterocycles. The van der Waals surface area contributed by atoms with Crippen molar-refractivity contribution in [2.75, 3.05) is 13.7 Å². The van der Waals surface area contributed by atoms with Crippen LogP contribution in [0.1, 0.15) is 63.9 Å². The zero-order valence-corrected chi connectivity index (χ0v) is 19.2. The SMILES string of the molecule is C=C/C(=C\C=C/C)Cc1cc(C(=O)OC)ccc1O.CCC(C)N(CC)C(C)C. The first-order valence-corrected chi connectivity index (χ1v) is 10.4. The average molecular weight is 402 g/mol. The number of hydrogen-bond acceptors (Lipinski definition) is 4. The average Bonchev–Trinajstić information content (AvgIpc) is 2.72. The molecule has 0 fully saturated rings.